The predicted octanol–water partition coefficient (Wildman–Crippen LogP) is 8.44. The molecule has 0 aliphatic heterocycles. The molecule has 0 unspecified atom stereocenters. The van der Waals surface area contributed by atoms with E-state index in [9.17, 15) is 31.1 Å². The van der Waals surface area contributed by atoms with Crippen molar-refractivity contribution in [1.82, 2.24) is 0 Å². The van der Waals surface area contributed by atoms with Crippen LogP contribution >= 0.6 is 0 Å². The lowest BCUT2D eigenvalue weighted by Gasteiger charge is -2.27. The van der Waals surface area contributed by atoms with Crippen molar-refractivity contribution in [3.05, 3.63) is 87.5 Å². The summed E-state index contributed by atoms with van der Waals surface area (Å²) in [5, 5.41) is 0. The third-order valence-electron chi connectivity index (χ3n) is 7.11. The van der Waals surface area contributed by atoms with Crippen molar-refractivity contribution in [3.8, 4) is 16.9 Å². The Hall–Kier alpha value is -3.29. The average Bonchev–Trinajstić information content (AvgIpc) is 2.81. The van der Waals surface area contributed by atoms with Crippen molar-refractivity contribution >= 4 is 6.29 Å². The molecule has 4 rings (SSSR count). The summed E-state index contributed by atoms with van der Waals surface area (Å²) in [4.78, 5) is 11.0. The number of aryl methyl sites for hydroxylation is 2. The van der Waals surface area contributed by atoms with Gasteiger partial charge in [-0.1, -0.05) is 12.1 Å². The molecule has 3 aromatic rings. The van der Waals surface area contributed by atoms with Gasteiger partial charge in [-0.15, -0.1) is 0 Å². The zero-order chi connectivity index (χ0) is 27.1. The molecule has 196 valence electrons. The van der Waals surface area contributed by atoms with Crippen molar-refractivity contribution in [3.63, 3.8) is 0 Å². The lowest BCUT2D eigenvalue weighted by atomic mass is 9.78. The van der Waals surface area contributed by atoms with Crippen LogP contribution in [0.25, 0.3) is 11.1 Å². The van der Waals surface area contributed by atoms with Crippen LogP contribution in [0.1, 0.15) is 59.4 Å². The summed E-state index contributed by atoms with van der Waals surface area (Å²) < 4.78 is 91.3. The Bertz CT molecular complexity index is 1270. The molecule has 2 nitrogen and oxygen atoms in total. The van der Waals surface area contributed by atoms with Crippen LogP contribution in [0, 0.1) is 50.0 Å². The molecular weight excluding hydrogens is 494 g/mol. The maximum Gasteiger partial charge on any atom is 0.432 e. The summed E-state index contributed by atoms with van der Waals surface area (Å²) in [5.74, 6) is -5.93. The fourth-order valence-electron chi connectivity index (χ4n) is 5.15. The highest BCUT2D eigenvalue weighted by Crippen LogP contribution is 2.41. The van der Waals surface area contributed by atoms with Gasteiger partial charge in [-0.2, -0.15) is 8.78 Å². The Morgan fingerprint density at radius 3 is 1.78 bits per heavy atom. The van der Waals surface area contributed by atoms with E-state index >= 15 is 0 Å². The molecular formula is C29H26F6O2. The summed E-state index contributed by atoms with van der Waals surface area (Å²) in [6.07, 6.45) is -0.190. The molecule has 0 radical (unpaired) electrons. The van der Waals surface area contributed by atoms with Gasteiger partial charge < -0.3 is 9.53 Å². The van der Waals surface area contributed by atoms with Gasteiger partial charge in [0, 0.05) is 23.6 Å². The average molecular weight is 521 g/mol. The molecule has 1 saturated carbocycles. The van der Waals surface area contributed by atoms with Crippen LogP contribution in [0.3, 0.4) is 0 Å². The Balaban J connectivity index is 1.65. The standard InChI is InChI=1S/C29H26F6O2/c1-15-8-20(19-6-4-18(14-36)5-7-19)9-16(2)27(15)21-10-25(32)28(26(33)11-21)29(34,35)37-22-12-23(30)17(3)24(31)13-22/h8-14,18-19H,4-7H2,1-3H3. The highest BCUT2D eigenvalue weighted by Gasteiger charge is 2.41. The maximum atomic E-state index is 14.9. The molecule has 0 amide bonds. The minimum absolute atomic E-state index is 0.0770. The summed E-state index contributed by atoms with van der Waals surface area (Å²) in [6.45, 7) is 4.68. The van der Waals surface area contributed by atoms with E-state index in [0.717, 1.165) is 67.7 Å². The fraction of sp³-hybridized carbons (Fsp3) is 0.345. The number of alkyl halides is 2. The highest BCUT2D eigenvalue weighted by atomic mass is 19.3. The fourth-order valence-corrected chi connectivity index (χ4v) is 5.15. The molecule has 0 saturated heterocycles. The number of hydrogen-bond acceptors (Lipinski definition) is 2. The zero-order valence-corrected chi connectivity index (χ0v) is 20.6. The highest BCUT2D eigenvalue weighted by molar-refractivity contribution is 5.72. The van der Waals surface area contributed by atoms with Gasteiger partial charge in [-0.3, -0.25) is 0 Å². The number of aldehydes is 1. The number of carbonyl (C=O) groups is 1. The van der Waals surface area contributed by atoms with Crippen LogP contribution in [0.4, 0.5) is 26.3 Å². The van der Waals surface area contributed by atoms with E-state index in [4.69, 9.17) is 0 Å². The molecule has 0 heterocycles. The third-order valence-corrected chi connectivity index (χ3v) is 7.11. The van der Waals surface area contributed by atoms with E-state index < -0.39 is 46.3 Å². The van der Waals surface area contributed by atoms with E-state index in [1.165, 1.54) is 0 Å². The predicted molar refractivity (Wildman–Crippen MR) is 128 cm³/mol. The van der Waals surface area contributed by atoms with Gasteiger partial charge in [-0.25, -0.2) is 17.6 Å². The SMILES string of the molecule is Cc1cc(C2CCC(C=O)CC2)cc(C)c1-c1cc(F)c(C(F)(F)Oc2cc(F)c(C)c(F)c2)c(F)c1. The number of rotatable bonds is 6. The van der Waals surface area contributed by atoms with Gasteiger partial charge >= 0.3 is 6.11 Å². The monoisotopic (exact) mass is 520 g/mol. The van der Waals surface area contributed by atoms with Crippen molar-refractivity contribution < 1.29 is 35.9 Å². The van der Waals surface area contributed by atoms with Gasteiger partial charge in [-0.05, 0) is 92.3 Å². The van der Waals surface area contributed by atoms with Crippen LogP contribution in [-0.2, 0) is 10.9 Å². The molecule has 1 aliphatic carbocycles. The van der Waals surface area contributed by atoms with Gasteiger partial charge in [0.05, 0.1) is 0 Å². The van der Waals surface area contributed by atoms with Crippen molar-refractivity contribution in [1.29, 1.82) is 0 Å². The second-order valence-electron chi connectivity index (χ2n) is 9.72. The van der Waals surface area contributed by atoms with E-state index in [1.807, 2.05) is 12.1 Å². The number of ether oxygens (including phenoxy) is 1. The van der Waals surface area contributed by atoms with Gasteiger partial charge in [0.2, 0.25) is 0 Å². The quantitative estimate of drug-likeness (QED) is 0.241. The second-order valence-corrected chi connectivity index (χ2v) is 9.72. The van der Waals surface area contributed by atoms with Crippen LogP contribution in [-0.4, -0.2) is 6.29 Å². The van der Waals surface area contributed by atoms with Crippen LogP contribution in [0.5, 0.6) is 5.75 Å². The molecule has 0 N–H and O–H groups in total. The lowest BCUT2D eigenvalue weighted by Crippen LogP contribution is -2.25. The van der Waals surface area contributed by atoms with Gasteiger partial charge in [0.15, 0.2) is 0 Å². The second kappa shape index (κ2) is 10.2. The number of halogens is 6. The first-order chi connectivity index (χ1) is 17.4. The van der Waals surface area contributed by atoms with Crippen LogP contribution in [0.15, 0.2) is 36.4 Å². The number of benzene rings is 3. The van der Waals surface area contributed by atoms with E-state index in [2.05, 4.69) is 4.74 Å². The van der Waals surface area contributed by atoms with Crippen molar-refractivity contribution in [2.24, 2.45) is 5.92 Å². The Morgan fingerprint density at radius 1 is 0.784 bits per heavy atom. The molecule has 0 spiro atoms. The Morgan fingerprint density at radius 2 is 1.30 bits per heavy atom. The van der Waals surface area contributed by atoms with Gasteiger partial charge in [0.25, 0.3) is 0 Å². The lowest BCUT2D eigenvalue weighted by molar-refractivity contribution is -0.189. The van der Waals surface area contributed by atoms with Crippen LogP contribution in [0.2, 0.25) is 0 Å². The van der Waals surface area contributed by atoms with Crippen molar-refractivity contribution in [2.45, 2.75) is 58.5 Å². The molecule has 0 atom stereocenters. The normalized spacial score (nSPS) is 18.1. The number of carbonyl (C=O) groups excluding carboxylic acids is 1. The van der Waals surface area contributed by atoms with E-state index in [1.54, 1.807) is 13.8 Å². The molecule has 37 heavy (non-hydrogen) atoms. The summed E-state index contributed by atoms with van der Waals surface area (Å²) in [6, 6.07) is 6.51. The molecule has 0 bridgehead atoms. The van der Waals surface area contributed by atoms with Crippen molar-refractivity contribution in [2.75, 3.05) is 0 Å². The summed E-state index contributed by atoms with van der Waals surface area (Å²) >= 11 is 0. The minimum atomic E-state index is -4.53. The summed E-state index contributed by atoms with van der Waals surface area (Å²) in [7, 11) is 0. The maximum absolute atomic E-state index is 14.9. The molecule has 1 aliphatic rings. The smallest absolute Gasteiger partial charge is 0.429 e. The largest absolute Gasteiger partial charge is 0.432 e. The van der Waals surface area contributed by atoms with E-state index in [-0.39, 0.29) is 17.4 Å². The molecule has 8 heteroatoms. The molecule has 0 aromatic heterocycles. The van der Waals surface area contributed by atoms with E-state index in [0.29, 0.717) is 17.7 Å². The third kappa shape index (κ3) is 5.38. The first-order valence-electron chi connectivity index (χ1n) is 12.0. The van der Waals surface area contributed by atoms with Gasteiger partial charge in [0.1, 0.15) is 40.9 Å². The Labute approximate surface area is 211 Å². The van der Waals surface area contributed by atoms with Crippen LogP contribution < -0.4 is 4.74 Å². The first-order valence-corrected chi connectivity index (χ1v) is 12.0. The minimum Gasteiger partial charge on any atom is -0.429 e. The first kappa shape index (κ1) is 26.8. The molecule has 3 aromatic carbocycles. The summed E-state index contributed by atoms with van der Waals surface area (Å²) in [5.41, 5.74) is 1.06. The topological polar surface area (TPSA) is 26.3 Å². The zero-order valence-electron chi connectivity index (χ0n) is 20.6. The molecule has 1 fully saturated rings. The Kier molecular flexibility index (Phi) is 7.40. The number of hydrogen-bond donors (Lipinski definition) is 0.